The smallest absolute Gasteiger partial charge is 0.376 e. The Hall–Kier alpha value is -3.24. The van der Waals surface area contributed by atoms with Crippen molar-refractivity contribution in [1.29, 1.82) is 0 Å². The molecule has 0 amide bonds. The lowest BCUT2D eigenvalue weighted by Gasteiger charge is -2.29. The van der Waals surface area contributed by atoms with Gasteiger partial charge in [-0.05, 0) is 55.6 Å². The van der Waals surface area contributed by atoms with Crippen LogP contribution in [0, 0.1) is 11.3 Å². The summed E-state index contributed by atoms with van der Waals surface area (Å²) < 4.78 is 13.3. The Morgan fingerprint density at radius 3 is 2.79 bits per heavy atom. The zero-order chi connectivity index (χ0) is 26.3. The minimum atomic E-state index is -0.653. The van der Waals surface area contributed by atoms with Crippen molar-refractivity contribution >= 4 is 28.7 Å². The van der Waals surface area contributed by atoms with Gasteiger partial charge in [0.05, 0.1) is 12.1 Å². The summed E-state index contributed by atoms with van der Waals surface area (Å²) in [6, 6.07) is 8.35. The van der Waals surface area contributed by atoms with Gasteiger partial charge in [0.2, 0.25) is 17.6 Å². The molecule has 2 aliphatic heterocycles. The van der Waals surface area contributed by atoms with Gasteiger partial charge in [-0.15, -0.1) is 0 Å². The summed E-state index contributed by atoms with van der Waals surface area (Å²) in [4.78, 5) is 31.8. The van der Waals surface area contributed by atoms with Crippen LogP contribution in [-0.2, 0) is 4.74 Å². The van der Waals surface area contributed by atoms with Gasteiger partial charge in [-0.1, -0.05) is 48.7 Å². The number of imidazole rings is 1. The first kappa shape index (κ1) is 23.6. The number of halogens is 1. The third-order valence-electron chi connectivity index (χ3n) is 9.49. The summed E-state index contributed by atoms with van der Waals surface area (Å²) in [6.07, 6.45) is 8.39. The van der Waals surface area contributed by atoms with Gasteiger partial charge in [-0.2, -0.15) is 4.98 Å². The Kier molecular flexibility index (Phi) is 5.23. The maximum atomic E-state index is 11.8. The van der Waals surface area contributed by atoms with E-state index >= 15 is 0 Å². The number of fused-ring (bicyclic) bond motifs is 2. The molecule has 8 rings (SSSR count). The minimum absolute atomic E-state index is 0.177. The molecule has 1 aromatic carbocycles. The second-order valence-electron chi connectivity index (χ2n) is 11.8. The number of nitrogens with zero attached hydrogens (tertiary/aromatic N) is 6. The predicted octanol–water partition coefficient (Wildman–Crippen LogP) is 5.00. The molecule has 2 aliphatic carbocycles. The van der Waals surface area contributed by atoms with Gasteiger partial charge in [-0.3, -0.25) is 9.51 Å². The fourth-order valence-electron chi connectivity index (χ4n) is 7.27. The van der Waals surface area contributed by atoms with Gasteiger partial charge in [0.1, 0.15) is 11.2 Å². The first-order valence-electron chi connectivity index (χ1n) is 14.0. The molecule has 3 atom stereocenters. The number of anilines is 1. The van der Waals surface area contributed by atoms with Crippen LogP contribution >= 0.6 is 11.6 Å². The van der Waals surface area contributed by atoms with E-state index in [1.54, 1.807) is 0 Å². The van der Waals surface area contributed by atoms with Gasteiger partial charge < -0.3 is 14.2 Å². The number of ether oxygens (including phenoxy) is 1. The number of benzene rings is 1. The van der Waals surface area contributed by atoms with E-state index in [1.807, 2.05) is 24.3 Å². The van der Waals surface area contributed by atoms with Gasteiger partial charge in [0.15, 0.2) is 5.65 Å². The monoisotopic (exact) mass is 547 g/mol. The van der Waals surface area contributed by atoms with Gasteiger partial charge in [-0.25, -0.2) is 14.8 Å². The first-order valence-corrected chi connectivity index (χ1v) is 14.4. The van der Waals surface area contributed by atoms with Gasteiger partial charge in [0.25, 0.3) is 0 Å². The Morgan fingerprint density at radius 2 is 2.00 bits per heavy atom. The van der Waals surface area contributed by atoms with Crippen LogP contribution in [0.5, 0.6) is 0 Å². The van der Waals surface area contributed by atoms with Gasteiger partial charge >= 0.3 is 5.76 Å². The van der Waals surface area contributed by atoms with Crippen LogP contribution < -0.4 is 10.7 Å². The summed E-state index contributed by atoms with van der Waals surface area (Å²) in [7, 11) is 0. The van der Waals surface area contributed by atoms with Crippen molar-refractivity contribution in [2.75, 3.05) is 18.1 Å². The van der Waals surface area contributed by atoms with E-state index in [4.69, 9.17) is 35.8 Å². The van der Waals surface area contributed by atoms with E-state index in [0.717, 1.165) is 61.1 Å². The predicted molar refractivity (Wildman–Crippen MR) is 146 cm³/mol. The molecule has 0 bridgehead atoms. The van der Waals surface area contributed by atoms with E-state index in [2.05, 4.69) is 26.5 Å². The highest BCUT2D eigenvalue weighted by Gasteiger charge is 2.57. The molecule has 5 heterocycles. The number of rotatable bonds is 4. The largest absolute Gasteiger partial charge is 0.439 e. The molecule has 4 aliphatic rings. The molecule has 2 unspecified atom stereocenters. The lowest BCUT2D eigenvalue weighted by atomic mass is 9.80. The molecule has 202 valence electrons. The van der Waals surface area contributed by atoms with E-state index in [1.165, 1.54) is 25.7 Å². The second-order valence-corrected chi connectivity index (χ2v) is 12.3. The number of nitrogens with one attached hydrogen (secondary N) is 1. The van der Waals surface area contributed by atoms with Crippen molar-refractivity contribution in [3.63, 3.8) is 0 Å². The summed E-state index contributed by atoms with van der Waals surface area (Å²) in [5.41, 5.74) is 3.38. The number of aromatic amines is 1. The zero-order valence-electron chi connectivity index (χ0n) is 21.8. The highest BCUT2D eigenvalue weighted by atomic mass is 35.5. The minimum Gasteiger partial charge on any atom is -0.376 e. The number of hydrogen-bond donors (Lipinski definition) is 1. The highest BCUT2D eigenvalue weighted by Crippen LogP contribution is 2.66. The van der Waals surface area contributed by atoms with Crippen LogP contribution in [0.25, 0.3) is 34.1 Å². The maximum absolute atomic E-state index is 11.8. The summed E-state index contributed by atoms with van der Waals surface area (Å²) in [6.45, 7) is 4.06. The maximum Gasteiger partial charge on any atom is 0.439 e. The molecule has 11 heteroatoms. The quantitative estimate of drug-likeness (QED) is 0.379. The number of aromatic nitrogens is 6. The fraction of sp³-hybridized carbons (Fsp3) is 0.536. The molecule has 10 nitrogen and oxygen atoms in total. The Bertz CT molecular complexity index is 1640. The van der Waals surface area contributed by atoms with Crippen LogP contribution in [0.2, 0.25) is 5.02 Å². The van der Waals surface area contributed by atoms with E-state index in [9.17, 15) is 4.79 Å². The lowest BCUT2D eigenvalue weighted by Crippen LogP contribution is -2.34. The van der Waals surface area contributed by atoms with Crippen LogP contribution in [0.3, 0.4) is 0 Å². The average Bonchev–Trinajstić information content (AvgIpc) is 3.45. The molecule has 4 aromatic rings. The molecule has 3 aromatic heterocycles. The molecular weight excluding hydrogens is 518 g/mol. The first-order chi connectivity index (χ1) is 19.0. The molecule has 2 saturated carbocycles. The van der Waals surface area contributed by atoms with Crippen LogP contribution in [0.4, 0.5) is 5.95 Å². The highest BCUT2D eigenvalue weighted by molar-refractivity contribution is 6.30. The van der Waals surface area contributed by atoms with Crippen LogP contribution in [0.15, 0.2) is 33.6 Å². The standard InChI is InChI=1S/C28H30ClN7O3/c1-15-5-9-28(10-6-15)14-20(28)36-22-21(16-3-2-4-17(29)13-16)30-24(25-33-27(37)39-34-25)31-23(22)32-26(36)35-11-7-19-18(35)8-12-38-19/h2-4,13,15,18-20H,5-12,14H2,1H3,(H,33,34,37)/t15?,18?,19?,20-,28?/m1/s1. The molecule has 0 radical (unpaired) electrons. The van der Waals surface area contributed by atoms with Crippen molar-refractivity contribution in [2.24, 2.45) is 11.3 Å². The van der Waals surface area contributed by atoms with Crippen LogP contribution in [0.1, 0.15) is 57.9 Å². The SMILES string of the molecule is CC1CCC2(CC1)C[C@H]2n1c(N2CCC3OCCC32)nc2nc(-c3noc(=O)[nH]3)nc(-c3cccc(Cl)c3)c21. The molecule has 2 saturated heterocycles. The third-order valence-corrected chi connectivity index (χ3v) is 9.73. The molecular formula is C28H30ClN7O3. The Morgan fingerprint density at radius 1 is 1.13 bits per heavy atom. The van der Waals surface area contributed by atoms with Crippen molar-refractivity contribution in [1.82, 2.24) is 29.7 Å². The topological polar surface area (TPSA) is 115 Å². The summed E-state index contributed by atoms with van der Waals surface area (Å²) >= 11 is 6.46. The van der Waals surface area contributed by atoms with Gasteiger partial charge in [0, 0.05) is 29.8 Å². The summed E-state index contributed by atoms with van der Waals surface area (Å²) in [5, 5.41) is 4.48. The number of hydrogen-bond acceptors (Lipinski definition) is 8. The van der Waals surface area contributed by atoms with Crippen molar-refractivity contribution in [3.05, 3.63) is 39.8 Å². The average molecular weight is 548 g/mol. The van der Waals surface area contributed by atoms with Crippen LogP contribution in [-0.4, -0.2) is 55.0 Å². The second kappa shape index (κ2) is 8.63. The molecule has 1 spiro atoms. The van der Waals surface area contributed by atoms with Crippen molar-refractivity contribution in [3.8, 4) is 22.9 Å². The van der Waals surface area contributed by atoms with Crippen molar-refractivity contribution in [2.45, 2.75) is 70.1 Å². The van der Waals surface area contributed by atoms with Crippen molar-refractivity contribution < 1.29 is 9.26 Å². The Labute approximate surface area is 229 Å². The number of H-pyrrole nitrogens is 1. The molecule has 1 N–H and O–H groups in total. The van der Waals surface area contributed by atoms with E-state index < -0.39 is 5.76 Å². The normalized spacial score (nSPS) is 29.9. The summed E-state index contributed by atoms with van der Waals surface area (Å²) in [5.74, 6) is 1.52. The van der Waals surface area contributed by atoms with E-state index in [0.29, 0.717) is 28.2 Å². The molecule has 4 fully saturated rings. The Balaban J connectivity index is 1.37. The lowest BCUT2D eigenvalue weighted by molar-refractivity contribution is 0.113. The third kappa shape index (κ3) is 3.75. The fourth-order valence-corrected chi connectivity index (χ4v) is 7.46. The molecule has 39 heavy (non-hydrogen) atoms. The zero-order valence-corrected chi connectivity index (χ0v) is 22.5. The van der Waals surface area contributed by atoms with E-state index in [-0.39, 0.29) is 17.8 Å².